The van der Waals surface area contributed by atoms with Crippen LogP contribution in [-0.4, -0.2) is 19.7 Å². The molecule has 2 rings (SSSR count). The molecular formula is C18H18F3IO4S. The molecule has 0 saturated carbocycles. The molecule has 0 spiro atoms. The van der Waals surface area contributed by atoms with Gasteiger partial charge in [0.1, 0.15) is 0 Å². The number of alkyl halides is 3. The van der Waals surface area contributed by atoms with E-state index in [0.717, 1.165) is 5.56 Å². The van der Waals surface area contributed by atoms with Crippen molar-refractivity contribution >= 4 is 36.1 Å². The van der Waals surface area contributed by atoms with Crippen LogP contribution in [0.1, 0.15) is 34.0 Å². The Balaban J connectivity index is 2.65. The summed E-state index contributed by atoms with van der Waals surface area (Å²) in [7, 11) is -5.76. The van der Waals surface area contributed by atoms with E-state index in [0.29, 0.717) is 23.8 Å². The third kappa shape index (κ3) is 4.88. The monoisotopic (exact) mass is 514 g/mol. The van der Waals surface area contributed by atoms with Gasteiger partial charge in [0.2, 0.25) is 0 Å². The molecule has 148 valence electrons. The summed E-state index contributed by atoms with van der Waals surface area (Å²) in [5.74, 6) is -0.201. The van der Waals surface area contributed by atoms with E-state index >= 15 is 0 Å². The number of benzene rings is 2. The maximum absolute atomic E-state index is 12.9. The van der Waals surface area contributed by atoms with E-state index in [9.17, 15) is 26.4 Å². The Morgan fingerprint density at radius 3 is 1.89 bits per heavy atom. The Morgan fingerprint density at radius 2 is 1.48 bits per heavy atom. The number of rotatable bonds is 5. The first-order valence-electron chi connectivity index (χ1n) is 7.73. The average molecular weight is 514 g/mol. The number of hydrogen-bond acceptors (Lipinski definition) is 4. The molecule has 0 radical (unpaired) electrons. The molecule has 0 amide bonds. The Hall–Kier alpha value is -1.46. The zero-order valence-corrected chi connectivity index (χ0v) is 18.0. The maximum atomic E-state index is 12.9. The molecule has 27 heavy (non-hydrogen) atoms. The van der Waals surface area contributed by atoms with Crippen molar-refractivity contribution in [2.45, 2.75) is 33.2 Å². The number of carbonyl (C=O) groups is 1. The van der Waals surface area contributed by atoms with Crippen LogP contribution >= 0.6 is 20.2 Å². The van der Waals surface area contributed by atoms with Crippen LogP contribution in [0.4, 0.5) is 13.2 Å². The van der Waals surface area contributed by atoms with Gasteiger partial charge in [-0.05, 0) is 0 Å². The second kappa shape index (κ2) is 7.88. The summed E-state index contributed by atoms with van der Waals surface area (Å²) in [4.78, 5) is 11.4. The Labute approximate surface area is 163 Å². The first kappa shape index (κ1) is 21.8. The van der Waals surface area contributed by atoms with E-state index < -0.39 is 35.9 Å². The molecule has 2 aromatic rings. The molecule has 9 heteroatoms. The molecule has 0 atom stereocenters. The van der Waals surface area contributed by atoms with Gasteiger partial charge in [0.15, 0.2) is 0 Å². The second-order valence-electron chi connectivity index (χ2n) is 5.99. The molecule has 0 aliphatic heterocycles. The van der Waals surface area contributed by atoms with Crippen LogP contribution < -0.4 is 0 Å². The van der Waals surface area contributed by atoms with Crippen molar-refractivity contribution in [3.8, 4) is 0 Å². The fourth-order valence-corrected chi connectivity index (χ4v) is 9.59. The van der Waals surface area contributed by atoms with E-state index in [1.807, 2.05) is 6.92 Å². The van der Waals surface area contributed by atoms with Crippen LogP contribution in [0.25, 0.3) is 0 Å². The van der Waals surface area contributed by atoms with Gasteiger partial charge in [-0.1, -0.05) is 0 Å². The van der Waals surface area contributed by atoms with Crippen molar-refractivity contribution in [1.82, 2.24) is 0 Å². The van der Waals surface area contributed by atoms with Crippen molar-refractivity contribution in [2.24, 2.45) is 0 Å². The summed E-state index contributed by atoms with van der Waals surface area (Å²) >= 11 is -3.47. The summed E-state index contributed by atoms with van der Waals surface area (Å²) < 4.78 is 67.8. The molecule has 2 aromatic carbocycles. The van der Waals surface area contributed by atoms with Crippen molar-refractivity contribution in [1.29, 1.82) is 0 Å². The molecular weight excluding hydrogens is 496 g/mol. The second-order valence-corrected chi connectivity index (χ2v) is 12.3. The Morgan fingerprint density at radius 1 is 1.00 bits per heavy atom. The summed E-state index contributed by atoms with van der Waals surface area (Å²) in [5, 5.41) is 0. The quantitative estimate of drug-likeness (QED) is 0.315. The Bertz CT molecular complexity index is 944. The summed E-state index contributed by atoms with van der Waals surface area (Å²) in [6.45, 7) is 6.64. The summed E-state index contributed by atoms with van der Waals surface area (Å²) in [6, 6.07) is 9.41. The van der Waals surface area contributed by atoms with Crippen molar-refractivity contribution < 1.29 is 28.9 Å². The van der Waals surface area contributed by atoms with Gasteiger partial charge < -0.3 is 0 Å². The number of carbonyl (C=O) groups excluding carboxylic acids is 1. The van der Waals surface area contributed by atoms with Gasteiger partial charge in [0.25, 0.3) is 0 Å². The molecule has 0 fully saturated rings. The van der Waals surface area contributed by atoms with Crippen LogP contribution in [0.15, 0.2) is 36.4 Å². The van der Waals surface area contributed by atoms with Crippen LogP contribution in [-0.2, 0) is 12.6 Å². The van der Waals surface area contributed by atoms with E-state index in [1.165, 1.54) is 31.2 Å². The standard InChI is InChI=1S/C18H18F3IO4S/c1-11-9-12(2)17(13(3)10-11)22(26-27(24,25)18(19,20)21)16-7-5-15(6-8-16)14(4)23/h5-10H,1-4H3. The minimum atomic E-state index is -5.76. The van der Waals surface area contributed by atoms with Gasteiger partial charge in [-0.15, -0.1) is 0 Å². The fourth-order valence-electron chi connectivity index (χ4n) is 2.53. The molecule has 0 unspecified atom stereocenters. The van der Waals surface area contributed by atoms with Gasteiger partial charge in [0, 0.05) is 0 Å². The number of ketones is 1. The average Bonchev–Trinajstić information content (AvgIpc) is 2.51. The first-order chi connectivity index (χ1) is 12.3. The van der Waals surface area contributed by atoms with E-state index in [-0.39, 0.29) is 5.78 Å². The number of halogens is 4. The topological polar surface area (TPSA) is 60.4 Å². The molecule has 0 saturated heterocycles. The molecule has 0 heterocycles. The molecule has 0 aliphatic rings. The van der Waals surface area contributed by atoms with Gasteiger partial charge >= 0.3 is 164 Å². The van der Waals surface area contributed by atoms with E-state index in [2.05, 4.69) is 0 Å². The van der Waals surface area contributed by atoms with Crippen molar-refractivity contribution in [3.05, 3.63) is 65.8 Å². The Kier molecular flexibility index (Phi) is 6.37. The van der Waals surface area contributed by atoms with Gasteiger partial charge in [-0.2, -0.15) is 0 Å². The van der Waals surface area contributed by atoms with Crippen molar-refractivity contribution in [2.75, 3.05) is 0 Å². The van der Waals surface area contributed by atoms with E-state index in [1.54, 1.807) is 26.0 Å². The molecule has 4 nitrogen and oxygen atoms in total. The third-order valence-electron chi connectivity index (χ3n) is 3.63. The normalized spacial score (nSPS) is 12.8. The SMILES string of the molecule is CC(=O)c1ccc(I(OS(=O)(=O)C(F)(F)F)c2c(C)cc(C)cc2C)cc1. The summed E-state index contributed by atoms with van der Waals surface area (Å²) in [6.07, 6.45) is 0. The number of aryl methyl sites for hydroxylation is 3. The zero-order valence-electron chi connectivity index (χ0n) is 15.0. The van der Waals surface area contributed by atoms with Crippen LogP contribution in [0.5, 0.6) is 0 Å². The van der Waals surface area contributed by atoms with Gasteiger partial charge in [0.05, 0.1) is 0 Å². The minimum absolute atomic E-state index is 0.201. The fraction of sp³-hybridized carbons (Fsp3) is 0.278. The van der Waals surface area contributed by atoms with Crippen LogP contribution in [0.2, 0.25) is 0 Å². The number of Topliss-reactive ketones (excluding diaryl/α,β-unsaturated/α-hetero) is 1. The van der Waals surface area contributed by atoms with Crippen LogP contribution in [0, 0.1) is 27.9 Å². The number of hydrogen-bond donors (Lipinski definition) is 0. The molecule has 0 bridgehead atoms. The van der Waals surface area contributed by atoms with Gasteiger partial charge in [-0.25, -0.2) is 0 Å². The molecule has 0 aliphatic carbocycles. The van der Waals surface area contributed by atoms with Gasteiger partial charge in [-0.3, -0.25) is 0 Å². The van der Waals surface area contributed by atoms with E-state index in [4.69, 9.17) is 2.51 Å². The van der Waals surface area contributed by atoms with Crippen molar-refractivity contribution in [3.63, 3.8) is 0 Å². The predicted octanol–water partition coefficient (Wildman–Crippen LogP) is 5.14. The predicted molar refractivity (Wildman–Crippen MR) is 105 cm³/mol. The first-order valence-corrected chi connectivity index (χ1v) is 12.2. The molecule has 0 aromatic heterocycles. The summed E-state index contributed by atoms with van der Waals surface area (Å²) in [5.41, 5.74) is -2.87. The van der Waals surface area contributed by atoms with Crippen LogP contribution in [0.3, 0.4) is 0 Å². The third-order valence-corrected chi connectivity index (χ3v) is 11.5. The molecule has 0 N–H and O–H groups in total. The zero-order chi connectivity index (χ0) is 20.6.